The third kappa shape index (κ3) is 4.87. The third-order valence-electron chi connectivity index (χ3n) is 3.91. The smallest absolute Gasteiger partial charge is 0.267 e. The predicted molar refractivity (Wildman–Crippen MR) is 98.7 cm³/mol. The zero-order valence-corrected chi connectivity index (χ0v) is 14.1. The molecule has 6 nitrogen and oxygen atoms in total. The van der Waals surface area contributed by atoms with Crippen molar-refractivity contribution in [3.8, 4) is 0 Å². The SMILES string of the molecule is O=C(/C=C/c1ccc(/C=C(\C(=O)NC2CC2)c2cccnc2)cc1)NO. The number of hydrogen-bond donors (Lipinski definition) is 3. The van der Waals surface area contributed by atoms with Crippen LogP contribution in [0.1, 0.15) is 29.5 Å². The van der Waals surface area contributed by atoms with E-state index in [1.54, 1.807) is 24.5 Å². The first-order valence-corrected chi connectivity index (χ1v) is 8.31. The van der Waals surface area contributed by atoms with Crippen molar-refractivity contribution in [2.75, 3.05) is 0 Å². The van der Waals surface area contributed by atoms with Crippen LogP contribution in [0.2, 0.25) is 0 Å². The molecular weight excluding hydrogens is 330 g/mol. The van der Waals surface area contributed by atoms with Gasteiger partial charge < -0.3 is 5.32 Å². The number of benzene rings is 1. The highest BCUT2D eigenvalue weighted by atomic mass is 16.5. The van der Waals surface area contributed by atoms with E-state index in [0.717, 1.165) is 29.5 Å². The standard InChI is InChI=1S/C20H19N3O3/c24-19(23-26)10-7-14-3-5-15(6-4-14)12-18(16-2-1-11-21-13-16)20(25)22-17-8-9-17/h1-7,10-13,17,26H,8-9H2,(H,22,25)(H,23,24)/b10-7+,18-12-. The highest BCUT2D eigenvalue weighted by Crippen LogP contribution is 2.23. The molecule has 1 aliphatic rings. The van der Waals surface area contributed by atoms with Crippen LogP contribution in [0.15, 0.2) is 54.9 Å². The van der Waals surface area contributed by atoms with Crippen LogP contribution in [0.4, 0.5) is 0 Å². The number of hydrogen-bond acceptors (Lipinski definition) is 4. The lowest BCUT2D eigenvalue weighted by atomic mass is 10.0. The number of nitrogens with one attached hydrogen (secondary N) is 2. The number of carbonyl (C=O) groups excluding carboxylic acids is 2. The van der Waals surface area contributed by atoms with E-state index in [1.165, 1.54) is 11.6 Å². The largest absolute Gasteiger partial charge is 0.349 e. The van der Waals surface area contributed by atoms with E-state index in [1.807, 2.05) is 36.4 Å². The number of nitrogens with zero attached hydrogens (tertiary/aromatic N) is 1. The van der Waals surface area contributed by atoms with Gasteiger partial charge in [-0.25, -0.2) is 5.48 Å². The summed E-state index contributed by atoms with van der Waals surface area (Å²) >= 11 is 0. The number of carbonyl (C=O) groups is 2. The van der Waals surface area contributed by atoms with E-state index in [4.69, 9.17) is 5.21 Å². The summed E-state index contributed by atoms with van der Waals surface area (Å²) in [5, 5.41) is 11.5. The Bertz CT molecular complexity index is 838. The van der Waals surface area contributed by atoms with Gasteiger partial charge in [-0.05, 0) is 42.2 Å². The first-order valence-electron chi connectivity index (χ1n) is 8.31. The summed E-state index contributed by atoms with van der Waals surface area (Å²) in [6.45, 7) is 0. The van der Waals surface area contributed by atoms with Crippen LogP contribution in [0.3, 0.4) is 0 Å². The molecule has 1 fully saturated rings. The van der Waals surface area contributed by atoms with Gasteiger partial charge in [0.25, 0.3) is 11.8 Å². The summed E-state index contributed by atoms with van der Waals surface area (Å²) in [4.78, 5) is 27.7. The molecule has 0 atom stereocenters. The second-order valence-corrected chi connectivity index (χ2v) is 6.02. The van der Waals surface area contributed by atoms with Crippen LogP contribution >= 0.6 is 0 Å². The molecule has 1 heterocycles. The van der Waals surface area contributed by atoms with Gasteiger partial charge in [0.2, 0.25) is 0 Å². The average molecular weight is 349 g/mol. The fraction of sp³-hybridized carbons (Fsp3) is 0.150. The lowest BCUT2D eigenvalue weighted by Crippen LogP contribution is -2.26. The van der Waals surface area contributed by atoms with Crippen molar-refractivity contribution < 1.29 is 14.8 Å². The van der Waals surface area contributed by atoms with Crippen molar-refractivity contribution in [3.05, 3.63) is 71.6 Å². The Kier molecular flexibility index (Phi) is 5.56. The highest BCUT2D eigenvalue weighted by molar-refractivity contribution is 6.24. The maximum atomic E-state index is 12.6. The minimum atomic E-state index is -0.593. The first kappa shape index (κ1) is 17.6. The van der Waals surface area contributed by atoms with Crippen LogP contribution in [-0.4, -0.2) is 28.0 Å². The lowest BCUT2D eigenvalue weighted by Gasteiger charge is -2.09. The summed E-state index contributed by atoms with van der Waals surface area (Å²) in [7, 11) is 0. The molecule has 0 unspecified atom stereocenters. The third-order valence-corrected chi connectivity index (χ3v) is 3.91. The average Bonchev–Trinajstić information content (AvgIpc) is 3.49. The molecule has 1 aromatic carbocycles. The molecule has 2 aromatic rings. The molecule has 1 aliphatic carbocycles. The zero-order chi connectivity index (χ0) is 18.4. The van der Waals surface area contributed by atoms with Crippen molar-refractivity contribution >= 4 is 29.5 Å². The van der Waals surface area contributed by atoms with Gasteiger partial charge in [0, 0.05) is 35.6 Å². The molecule has 3 rings (SSSR count). The van der Waals surface area contributed by atoms with Crippen molar-refractivity contribution in [1.29, 1.82) is 0 Å². The van der Waals surface area contributed by atoms with Crippen molar-refractivity contribution in [2.45, 2.75) is 18.9 Å². The quantitative estimate of drug-likeness (QED) is 0.424. The zero-order valence-electron chi connectivity index (χ0n) is 14.1. The molecule has 6 heteroatoms. The molecule has 0 radical (unpaired) electrons. The van der Waals surface area contributed by atoms with Gasteiger partial charge in [-0.1, -0.05) is 30.3 Å². The fourth-order valence-electron chi connectivity index (χ4n) is 2.37. The molecule has 0 bridgehead atoms. The van der Waals surface area contributed by atoms with Gasteiger partial charge in [0.1, 0.15) is 0 Å². The Balaban J connectivity index is 1.83. The number of amides is 2. The van der Waals surface area contributed by atoms with E-state index in [0.29, 0.717) is 5.57 Å². The normalized spacial score (nSPS) is 14.3. The Morgan fingerprint density at radius 3 is 2.46 bits per heavy atom. The fourth-order valence-corrected chi connectivity index (χ4v) is 2.37. The summed E-state index contributed by atoms with van der Waals surface area (Å²) in [6, 6.07) is 11.3. The van der Waals surface area contributed by atoms with Crippen molar-refractivity contribution in [1.82, 2.24) is 15.8 Å². The maximum absolute atomic E-state index is 12.6. The van der Waals surface area contributed by atoms with Gasteiger partial charge in [-0.15, -0.1) is 0 Å². The van der Waals surface area contributed by atoms with E-state index >= 15 is 0 Å². The molecule has 132 valence electrons. The topological polar surface area (TPSA) is 91.3 Å². The van der Waals surface area contributed by atoms with Crippen LogP contribution in [0.25, 0.3) is 17.7 Å². The minimum Gasteiger partial charge on any atom is -0.349 e. The molecular formula is C20H19N3O3. The molecule has 2 amide bonds. The molecule has 1 saturated carbocycles. The molecule has 0 aliphatic heterocycles. The number of hydroxylamine groups is 1. The van der Waals surface area contributed by atoms with Gasteiger partial charge in [0.05, 0.1) is 0 Å². The first-order chi connectivity index (χ1) is 12.7. The van der Waals surface area contributed by atoms with Crippen LogP contribution in [0, 0.1) is 0 Å². The van der Waals surface area contributed by atoms with E-state index in [9.17, 15) is 9.59 Å². The Labute approximate surface area is 151 Å². The summed E-state index contributed by atoms with van der Waals surface area (Å²) in [5.41, 5.74) is 4.52. The molecule has 1 aromatic heterocycles. The molecule has 0 spiro atoms. The Morgan fingerprint density at radius 1 is 1.12 bits per heavy atom. The van der Waals surface area contributed by atoms with E-state index in [2.05, 4.69) is 10.3 Å². The monoisotopic (exact) mass is 349 g/mol. The second-order valence-electron chi connectivity index (χ2n) is 6.02. The maximum Gasteiger partial charge on any atom is 0.267 e. The summed E-state index contributed by atoms with van der Waals surface area (Å²) in [6.07, 6.45) is 10.0. The number of rotatable bonds is 6. The van der Waals surface area contributed by atoms with Gasteiger partial charge >= 0.3 is 0 Å². The molecule has 0 saturated heterocycles. The van der Waals surface area contributed by atoms with Crippen molar-refractivity contribution in [2.24, 2.45) is 0 Å². The van der Waals surface area contributed by atoms with E-state index < -0.39 is 5.91 Å². The van der Waals surface area contributed by atoms with Crippen LogP contribution in [0.5, 0.6) is 0 Å². The molecule has 3 N–H and O–H groups in total. The number of pyridine rings is 1. The second kappa shape index (κ2) is 8.22. The Morgan fingerprint density at radius 2 is 1.85 bits per heavy atom. The van der Waals surface area contributed by atoms with Gasteiger partial charge in [-0.2, -0.15) is 0 Å². The highest BCUT2D eigenvalue weighted by Gasteiger charge is 2.25. The predicted octanol–water partition coefficient (Wildman–Crippen LogP) is 2.42. The lowest BCUT2D eigenvalue weighted by molar-refractivity contribution is -0.124. The minimum absolute atomic E-state index is 0.107. The van der Waals surface area contributed by atoms with Gasteiger partial charge in [-0.3, -0.25) is 19.8 Å². The summed E-state index contributed by atoms with van der Waals surface area (Å²) in [5.74, 6) is -0.700. The van der Waals surface area contributed by atoms with Gasteiger partial charge in [0.15, 0.2) is 0 Å². The van der Waals surface area contributed by atoms with Crippen LogP contribution < -0.4 is 10.8 Å². The number of aromatic nitrogens is 1. The summed E-state index contributed by atoms with van der Waals surface area (Å²) < 4.78 is 0. The molecule has 26 heavy (non-hydrogen) atoms. The van der Waals surface area contributed by atoms with E-state index in [-0.39, 0.29) is 11.9 Å². The van der Waals surface area contributed by atoms with Crippen LogP contribution in [-0.2, 0) is 9.59 Å². The Hall–Kier alpha value is -3.25. The van der Waals surface area contributed by atoms with Crippen molar-refractivity contribution in [3.63, 3.8) is 0 Å².